The summed E-state index contributed by atoms with van der Waals surface area (Å²) in [6.45, 7) is 8.12. The molecular formula is C16H22N2. The van der Waals surface area contributed by atoms with Gasteiger partial charge in [0.1, 0.15) is 0 Å². The number of aliphatic imine (C=N–C) groups is 1. The van der Waals surface area contributed by atoms with Gasteiger partial charge in [-0.3, -0.25) is 4.99 Å². The summed E-state index contributed by atoms with van der Waals surface area (Å²) < 4.78 is 0. The molecule has 0 radical (unpaired) electrons. The van der Waals surface area contributed by atoms with Crippen LogP contribution in [-0.4, -0.2) is 19.8 Å². The standard InChI is InChI=1S/C16H22N2/c1-12-8-6-7-9-15(12)11-16(18-5)10-13(2)14(3)17-4/h6-10,17H,3,11H2,1-2,4-5H3/b13-10-,18-16?. The molecule has 0 aliphatic rings. The van der Waals surface area contributed by atoms with Gasteiger partial charge >= 0.3 is 0 Å². The largest absolute Gasteiger partial charge is 0.388 e. The zero-order chi connectivity index (χ0) is 13.5. The van der Waals surface area contributed by atoms with E-state index in [2.05, 4.69) is 54.2 Å². The molecule has 0 saturated carbocycles. The number of hydrogen-bond acceptors (Lipinski definition) is 2. The van der Waals surface area contributed by atoms with Crippen molar-refractivity contribution in [3.05, 3.63) is 59.3 Å². The van der Waals surface area contributed by atoms with Crippen LogP contribution in [0.4, 0.5) is 0 Å². The van der Waals surface area contributed by atoms with Gasteiger partial charge in [0.2, 0.25) is 0 Å². The smallest absolute Gasteiger partial charge is 0.0392 e. The summed E-state index contributed by atoms with van der Waals surface area (Å²) in [5.74, 6) is 0. The van der Waals surface area contributed by atoms with Gasteiger partial charge in [0.25, 0.3) is 0 Å². The maximum atomic E-state index is 4.35. The summed E-state index contributed by atoms with van der Waals surface area (Å²) in [7, 11) is 3.71. The second-order valence-corrected chi connectivity index (χ2v) is 4.37. The van der Waals surface area contributed by atoms with Gasteiger partial charge in [-0.1, -0.05) is 30.8 Å². The molecule has 0 amide bonds. The first-order valence-corrected chi connectivity index (χ1v) is 6.14. The van der Waals surface area contributed by atoms with Crippen LogP contribution in [0.5, 0.6) is 0 Å². The molecule has 0 fully saturated rings. The van der Waals surface area contributed by atoms with Crippen LogP contribution in [0.3, 0.4) is 0 Å². The van der Waals surface area contributed by atoms with Crippen molar-refractivity contribution in [2.75, 3.05) is 14.1 Å². The first-order chi connectivity index (χ1) is 8.58. The zero-order valence-electron chi connectivity index (χ0n) is 11.7. The molecule has 0 bridgehead atoms. The highest BCUT2D eigenvalue weighted by Gasteiger charge is 2.02. The van der Waals surface area contributed by atoms with E-state index >= 15 is 0 Å². The van der Waals surface area contributed by atoms with Crippen molar-refractivity contribution >= 4 is 5.71 Å². The van der Waals surface area contributed by atoms with Crippen LogP contribution in [-0.2, 0) is 6.42 Å². The Morgan fingerprint density at radius 1 is 1.39 bits per heavy atom. The lowest BCUT2D eigenvalue weighted by Crippen LogP contribution is -2.08. The van der Waals surface area contributed by atoms with Crippen LogP contribution < -0.4 is 5.32 Å². The van der Waals surface area contributed by atoms with E-state index in [-0.39, 0.29) is 0 Å². The maximum Gasteiger partial charge on any atom is 0.0392 e. The molecule has 2 nitrogen and oxygen atoms in total. The number of hydrogen-bond donors (Lipinski definition) is 1. The van der Waals surface area contributed by atoms with Crippen molar-refractivity contribution in [3.63, 3.8) is 0 Å². The molecule has 0 spiro atoms. The molecule has 0 aliphatic carbocycles. The van der Waals surface area contributed by atoms with E-state index in [0.29, 0.717) is 0 Å². The first-order valence-electron chi connectivity index (χ1n) is 6.14. The Balaban J connectivity index is 2.88. The number of aryl methyl sites for hydroxylation is 1. The molecule has 0 unspecified atom stereocenters. The molecule has 18 heavy (non-hydrogen) atoms. The van der Waals surface area contributed by atoms with Gasteiger partial charge in [0.15, 0.2) is 0 Å². The van der Waals surface area contributed by atoms with Crippen LogP contribution in [0, 0.1) is 6.92 Å². The molecular weight excluding hydrogens is 220 g/mol. The minimum atomic E-state index is 0.859. The average molecular weight is 242 g/mol. The lowest BCUT2D eigenvalue weighted by Gasteiger charge is -2.08. The average Bonchev–Trinajstić information content (AvgIpc) is 2.39. The van der Waals surface area contributed by atoms with E-state index in [1.54, 1.807) is 0 Å². The molecule has 0 aromatic heterocycles. The predicted octanol–water partition coefficient (Wildman–Crippen LogP) is 3.29. The van der Waals surface area contributed by atoms with Crippen molar-refractivity contribution in [1.29, 1.82) is 0 Å². The van der Waals surface area contributed by atoms with Crippen LogP contribution in [0.15, 0.2) is 53.2 Å². The van der Waals surface area contributed by atoms with Gasteiger partial charge in [-0.05, 0) is 36.6 Å². The lowest BCUT2D eigenvalue weighted by atomic mass is 10.0. The van der Waals surface area contributed by atoms with Gasteiger partial charge in [0, 0.05) is 31.9 Å². The predicted molar refractivity (Wildman–Crippen MR) is 80.2 cm³/mol. The quantitative estimate of drug-likeness (QED) is 0.622. The number of benzene rings is 1. The highest BCUT2D eigenvalue weighted by molar-refractivity contribution is 5.97. The Bertz CT molecular complexity index is 482. The Morgan fingerprint density at radius 3 is 2.61 bits per heavy atom. The molecule has 1 N–H and O–H groups in total. The van der Waals surface area contributed by atoms with Crippen molar-refractivity contribution in [2.24, 2.45) is 4.99 Å². The highest BCUT2D eigenvalue weighted by Crippen LogP contribution is 2.11. The second-order valence-electron chi connectivity index (χ2n) is 4.37. The van der Waals surface area contributed by atoms with E-state index in [4.69, 9.17) is 0 Å². The minimum Gasteiger partial charge on any atom is -0.388 e. The van der Waals surface area contributed by atoms with Gasteiger partial charge in [0.05, 0.1) is 0 Å². The van der Waals surface area contributed by atoms with Crippen LogP contribution >= 0.6 is 0 Å². The Hall–Kier alpha value is -1.83. The molecule has 1 aromatic rings. The minimum absolute atomic E-state index is 0.859. The normalized spacial score (nSPS) is 12.4. The summed E-state index contributed by atoms with van der Waals surface area (Å²) in [6, 6.07) is 8.41. The fourth-order valence-electron chi connectivity index (χ4n) is 1.73. The molecule has 0 aliphatic heterocycles. The number of nitrogens with one attached hydrogen (secondary N) is 1. The third-order valence-electron chi connectivity index (χ3n) is 3.08. The van der Waals surface area contributed by atoms with Crippen molar-refractivity contribution in [1.82, 2.24) is 5.32 Å². The Morgan fingerprint density at radius 2 is 2.06 bits per heavy atom. The first kappa shape index (κ1) is 14.2. The number of allylic oxidation sites excluding steroid dienone is 2. The molecule has 0 atom stereocenters. The summed E-state index contributed by atoms with van der Waals surface area (Å²) in [6.07, 6.45) is 2.95. The van der Waals surface area contributed by atoms with Gasteiger partial charge in [-0.25, -0.2) is 0 Å². The van der Waals surface area contributed by atoms with E-state index in [0.717, 1.165) is 23.4 Å². The third-order valence-corrected chi connectivity index (χ3v) is 3.08. The topological polar surface area (TPSA) is 24.4 Å². The highest BCUT2D eigenvalue weighted by atomic mass is 14.8. The van der Waals surface area contributed by atoms with E-state index < -0.39 is 0 Å². The summed E-state index contributed by atoms with van der Waals surface area (Å²) in [4.78, 5) is 4.35. The Labute approximate surface area is 110 Å². The monoisotopic (exact) mass is 242 g/mol. The third kappa shape index (κ3) is 3.88. The maximum absolute atomic E-state index is 4.35. The van der Waals surface area contributed by atoms with E-state index in [1.165, 1.54) is 11.1 Å². The summed E-state index contributed by atoms with van der Waals surface area (Å²) in [5.41, 5.74) is 5.74. The molecule has 2 heteroatoms. The number of rotatable bonds is 5. The van der Waals surface area contributed by atoms with E-state index in [1.807, 2.05) is 21.0 Å². The zero-order valence-corrected chi connectivity index (χ0v) is 11.7. The van der Waals surface area contributed by atoms with Gasteiger partial charge in [-0.2, -0.15) is 0 Å². The molecule has 1 rings (SSSR count). The van der Waals surface area contributed by atoms with Crippen molar-refractivity contribution in [2.45, 2.75) is 20.3 Å². The number of likely N-dealkylation sites (N-methyl/N-ethyl adjacent to an activating group) is 1. The number of nitrogens with zero attached hydrogens (tertiary/aromatic N) is 1. The van der Waals surface area contributed by atoms with Crippen LogP contribution in [0.2, 0.25) is 0 Å². The van der Waals surface area contributed by atoms with Crippen LogP contribution in [0.1, 0.15) is 18.1 Å². The Kier molecular flexibility index (Phi) is 5.37. The summed E-state index contributed by atoms with van der Waals surface area (Å²) >= 11 is 0. The molecule has 96 valence electrons. The van der Waals surface area contributed by atoms with Crippen molar-refractivity contribution in [3.8, 4) is 0 Å². The fourth-order valence-corrected chi connectivity index (χ4v) is 1.73. The SMILES string of the molecule is C=C(NC)/C(C)=C\C(Cc1ccccc1C)=NC. The molecule has 0 heterocycles. The summed E-state index contributed by atoms with van der Waals surface area (Å²) in [5, 5.41) is 3.05. The fraction of sp³-hybridized carbons (Fsp3) is 0.312. The van der Waals surface area contributed by atoms with Crippen LogP contribution in [0.25, 0.3) is 0 Å². The second kappa shape index (κ2) is 6.80. The van der Waals surface area contributed by atoms with Crippen molar-refractivity contribution < 1.29 is 0 Å². The lowest BCUT2D eigenvalue weighted by molar-refractivity contribution is 1.01. The van der Waals surface area contributed by atoms with E-state index in [9.17, 15) is 0 Å². The molecule has 0 saturated heterocycles. The molecule has 1 aromatic carbocycles. The van der Waals surface area contributed by atoms with Gasteiger partial charge in [-0.15, -0.1) is 0 Å². The van der Waals surface area contributed by atoms with Gasteiger partial charge < -0.3 is 5.32 Å².